The van der Waals surface area contributed by atoms with Crippen LogP contribution in [0.25, 0.3) is 22.4 Å². The van der Waals surface area contributed by atoms with Gasteiger partial charge >= 0.3 is 0 Å². The number of rotatable bonds is 16. The molecule has 0 bridgehead atoms. The average Bonchev–Trinajstić information content (AvgIpc) is 3.79. The minimum atomic E-state index is -1.37. The number of amides is 4. The Bertz CT molecular complexity index is 2340. The highest BCUT2D eigenvalue weighted by molar-refractivity contribution is 6.38. The van der Waals surface area contributed by atoms with Crippen LogP contribution >= 0.6 is 0 Å². The quantitative estimate of drug-likeness (QED) is 0.100. The Balaban J connectivity index is 1.16. The Morgan fingerprint density at radius 3 is 2.14 bits per heavy atom. The Labute approximate surface area is 321 Å². The van der Waals surface area contributed by atoms with E-state index >= 15 is 0 Å². The second-order valence-corrected chi connectivity index (χ2v) is 13.0. The maximum atomic E-state index is 13.6. The fourth-order valence-electron chi connectivity index (χ4n) is 6.23. The topological polar surface area (TPSA) is 225 Å². The van der Waals surface area contributed by atoms with Gasteiger partial charge in [0.25, 0.3) is 17.7 Å². The van der Waals surface area contributed by atoms with Crippen molar-refractivity contribution in [2.75, 3.05) is 5.32 Å². The van der Waals surface area contributed by atoms with Crippen LogP contribution in [0.2, 0.25) is 0 Å². The van der Waals surface area contributed by atoms with E-state index in [0.717, 1.165) is 5.56 Å². The van der Waals surface area contributed by atoms with E-state index in [-0.39, 0.29) is 24.4 Å². The molecule has 15 heteroatoms. The van der Waals surface area contributed by atoms with Crippen LogP contribution in [-0.2, 0) is 27.2 Å². The van der Waals surface area contributed by atoms with E-state index in [1.165, 1.54) is 0 Å². The van der Waals surface area contributed by atoms with Gasteiger partial charge in [0.05, 0.1) is 28.2 Å². The summed E-state index contributed by atoms with van der Waals surface area (Å²) in [6.45, 7) is 3.38. The molecule has 0 aliphatic carbocycles. The lowest BCUT2D eigenvalue weighted by molar-refractivity contribution is -0.137. The summed E-state index contributed by atoms with van der Waals surface area (Å²) in [5.74, 6) is -4.18. The van der Waals surface area contributed by atoms with Crippen LogP contribution in [-0.4, -0.2) is 61.8 Å². The van der Waals surface area contributed by atoms with Crippen molar-refractivity contribution in [2.24, 2.45) is 5.73 Å². The molecule has 15 nitrogen and oxygen atoms in total. The van der Waals surface area contributed by atoms with Gasteiger partial charge < -0.3 is 30.7 Å². The number of nitrogens with two attached hydrogens (primary N) is 1. The summed E-state index contributed by atoms with van der Waals surface area (Å²) in [7, 11) is 0. The molecular formula is C41H38N8O7. The molecule has 2 atom stereocenters. The van der Waals surface area contributed by atoms with Gasteiger partial charge in [-0.1, -0.05) is 64.9 Å². The summed E-state index contributed by atoms with van der Waals surface area (Å²) in [6.07, 6.45) is 5.50. The van der Waals surface area contributed by atoms with Crippen molar-refractivity contribution in [3.8, 4) is 22.4 Å². The first-order valence-electron chi connectivity index (χ1n) is 17.7. The number of hydrogen-bond donors (Lipinski definition) is 4. The molecule has 6 rings (SSSR count). The molecule has 4 heterocycles. The molecule has 5 N–H and O–H groups in total. The number of nitrogens with zero attached hydrogens (tertiary/aromatic N) is 4. The molecule has 0 radical (unpaired) electrons. The predicted molar refractivity (Wildman–Crippen MR) is 204 cm³/mol. The number of aryl methyl sites for hydroxylation is 3. The van der Waals surface area contributed by atoms with E-state index in [2.05, 4.69) is 36.2 Å². The van der Waals surface area contributed by atoms with Gasteiger partial charge in [-0.2, -0.15) is 0 Å². The van der Waals surface area contributed by atoms with Crippen molar-refractivity contribution >= 4 is 35.1 Å². The molecule has 284 valence electrons. The molecule has 0 saturated heterocycles. The third-order valence-electron chi connectivity index (χ3n) is 8.92. The molecule has 0 saturated carbocycles. The summed E-state index contributed by atoms with van der Waals surface area (Å²) in [6, 6.07) is 23.0. The summed E-state index contributed by atoms with van der Waals surface area (Å²) in [4.78, 5) is 74.0. The van der Waals surface area contributed by atoms with Gasteiger partial charge in [0.2, 0.25) is 23.2 Å². The summed E-state index contributed by atoms with van der Waals surface area (Å²) in [5.41, 5.74) is 10.1. The molecule has 56 heavy (non-hydrogen) atoms. The molecule has 0 aliphatic rings. The first kappa shape index (κ1) is 38.4. The van der Waals surface area contributed by atoms with Crippen molar-refractivity contribution in [1.29, 1.82) is 0 Å². The predicted octanol–water partition coefficient (Wildman–Crippen LogP) is 4.56. The minimum absolute atomic E-state index is 0.0158. The third-order valence-corrected chi connectivity index (χ3v) is 8.92. The highest BCUT2D eigenvalue weighted by Crippen LogP contribution is 2.28. The fourth-order valence-corrected chi connectivity index (χ4v) is 6.23. The van der Waals surface area contributed by atoms with E-state index in [9.17, 15) is 24.0 Å². The second-order valence-electron chi connectivity index (χ2n) is 13.0. The van der Waals surface area contributed by atoms with Gasteiger partial charge in [0, 0.05) is 48.7 Å². The van der Waals surface area contributed by atoms with Crippen molar-refractivity contribution in [3.05, 3.63) is 138 Å². The summed E-state index contributed by atoms with van der Waals surface area (Å²) >= 11 is 0. The first-order chi connectivity index (χ1) is 27.1. The second kappa shape index (κ2) is 17.7. The van der Waals surface area contributed by atoms with E-state index in [1.807, 2.05) is 30.3 Å². The number of aromatic nitrogens is 4. The van der Waals surface area contributed by atoms with E-state index in [0.29, 0.717) is 57.9 Å². The van der Waals surface area contributed by atoms with E-state index in [4.69, 9.17) is 14.8 Å². The summed E-state index contributed by atoms with van der Waals surface area (Å²) < 4.78 is 10.7. The zero-order chi connectivity index (χ0) is 39.6. The third kappa shape index (κ3) is 9.43. The Hall–Kier alpha value is -7.29. The van der Waals surface area contributed by atoms with Gasteiger partial charge in [-0.25, -0.2) is 0 Å². The number of ketones is 1. The lowest BCUT2D eigenvalue weighted by atomic mass is 10.00. The molecule has 4 amide bonds. The van der Waals surface area contributed by atoms with Gasteiger partial charge in [-0.05, 0) is 68.1 Å². The van der Waals surface area contributed by atoms with Gasteiger partial charge in [0.15, 0.2) is 0 Å². The fraction of sp³-hybridized carbons (Fsp3) is 0.195. The maximum absolute atomic E-state index is 13.6. The molecule has 0 spiro atoms. The number of pyridine rings is 2. The molecular weight excluding hydrogens is 716 g/mol. The minimum Gasteiger partial charge on any atom is -0.363 e. The molecule has 4 aromatic heterocycles. The lowest BCUT2D eigenvalue weighted by Gasteiger charge is -2.19. The number of anilines is 1. The van der Waals surface area contributed by atoms with Crippen LogP contribution in [0, 0.1) is 13.8 Å². The number of hydrogen-bond acceptors (Lipinski definition) is 11. The zero-order valence-electron chi connectivity index (χ0n) is 30.5. The molecule has 0 aliphatic heterocycles. The molecule has 0 fully saturated rings. The normalized spacial score (nSPS) is 12.0. The van der Waals surface area contributed by atoms with Crippen molar-refractivity contribution in [2.45, 2.75) is 51.6 Å². The number of carbonyl (C=O) groups is 5. The van der Waals surface area contributed by atoms with Crippen LogP contribution < -0.4 is 21.7 Å². The number of Topliss-reactive ketones (excluding diaryl/α,β-unsaturated/α-hetero) is 1. The van der Waals surface area contributed by atoms with Gasteiger partial charge in [-0.3, -0.25) is 33.9 Å². The largest absolute Gasteiger partial charge is 0.363 e. The number of carbonyl (C=O) groups excluding carboxylic acids is 5. The zero-order valence-corrected chi connectivity index (χ0v) is 30.5. The Kier molecular flexibility index (Phi) is 12.1. The Morgan fingerprint density at radius 1 is 0.750 bits per heavy atom. The van der Waals surface area contributed by atoms with Crippen molar-refractivity contribution < 1.29 is 33.0 Å². The smallest absolute Gasteiger partial charge is 0.291 e. The number of benzene rings is 2. The number of nitrogens with one attached hydrogen (secondary N) is 3. The SMILES string of the molecule is Cc1noc(C(=O)NC(Cc2cccc(NC(=O)CC(CCc3ccccc3)NC(=O)c3onc(C)c3-c3ccccn3)c2)C(=O)C(N)=O)c1-c1cccnc1. The summed E-state index contributed by atoms with van der Waals surface area (Å²) in [5, 5.41) is 16.3. The van der Waals surface area contributed by atoms with Crippen LogP contribution in [0.4, 0.5) is 5.69 Å². The van der Waals surface area contributed by atoms with Gasteiger partial charge in [0.1, 0.15) is 6.04 Å². The van der Waals surface area contributed by atoms with Crippen LogP contribution in [0.15, 0.2) is 113 Å². The van der Waals surface area contributed by atoms with E-state index in [1.54, 1.807) is 87.0 Å². The first-order valence-corrected chi connectivity index (χ1v) is 17.7. The standard InChI is InChI=1S/C41H38N8O7/c1-24-34(28-13-9-18-43-23-28)37(55-48-24)41(54)47-32(36(51)39(42)52)21-27-12-8-14-29(20-27)45-33(50)22-30(17-16-26-10-4-3-5-11-26)46-40(53)38-35(25(2)49-56-38)31-15-6-7-19-44-31/h3-15,18-20,23,30,32H,16-17,21-22H2,1-2H3,(H2,42,52)(H,45,50)(H,46,53)(H,47,54). The molecule has 6 aromatic rings. The van der Waals surface area contributed by atoms with Crippen LogP contribution in [0.1, 0.15) is 56.5 Å². The van der Waals surface area contributed by atoms with Gasteiger partial charge in [-0.15, -0.1) is 0 Å². The highest BCUT2D eigenvalue weighted by Gasteiger charge is 2.30. The van der Waals surface area contributed by atoms with E-state index < -0.39 is 41.5 Å². The molecule has 2 unspecified atom stereocenters. The van der Waals surface area contributed by atoms with Crippen molar-refractivity contribution in [3.63, 3.8) is 0 Å². The highest BCUT2D eigenvalue weighted by atomic mass is 16.5. The maximum Gasteiger partial charge on any atom is 0.291 e. The molecule has 2 aromatic carbocycles. The monoisotopic (exact) mass is 754 g/mol. The number of primary amides is 1. The van der Waals surface area contributed by atoms with Crippen LogP contribution in [0.3, 0.4) is 0 Å². The van der Waals surface area contributed by atoms with Crippen LogP contribution in [0.5, 0.6) is 0 Å². The lowest BCUT2D eigenvalue weighted by Crippen LogP contribution is -2.47. The average molecular weight is 755 g/mol. The Morgan fingerprint density at radius 2 is 1.45 bits per heavy atom. The van der Waals surface area contributed by atoms with Crippen molar-refractivity contribution in [1.82, 2.24) is 30.9 Å².